The number of rotatable bonds is 8. The first-order chi connectivity index (χ1) is 18.8. The minimum atomic E-state index is -1.03. The SMILES string of the molecule is COC(=O)CC(c1cc2ccc(OC)cc2[nH]c1=O)c1c(O)cc(C)n(CCc2c[nH]c3ccccc23)c1=O. The number of H-pyrrole nitrogens is 2. The maximum Gasteiger partial charge on any atom is 0.306 e. The van der Waals surface area contributed by atoms with Crippen LogP contribution in [0.1, 0.15) is 34.7 Å². The maximum atomic E-state index is 13.9. The van der Waals surface area contributed by atoms with Crippen LogP contribution in [0.2, 0.25) is 0 Å². The van der Waals surface area contributed by atoms with Gasteiger partial charge in [0.15, 0.2) is 0 Å². The number of carbonyl (C=O) groups is 1. The largest absolute Gasteiger partial charge is 0.507 e. The number of carbonyl (C=O) groups excluding carboxylic acids is 1. The molecule has 0 aliphatic heterocycles. The van der Waals surface area contributed by atoms with Crippen molar-refractivity contribution in [1.29, 1.82) is 0 Å². The van der Waals surface area contributed by atoms with Crippen LogP contribution >= 0.6 is 0 Å². The molecule has 3 aromatic heterocycles. The molecule has 0 aliphatic rings. The van der Waals surface area contributed by atoms with E-state index < -0.39 is 23.0 Å². The molecule has 3 heterocycles. The number of aryl methyl sites for hydroxylation is 2. The first-order valence-electron chi connectivity index (χ1n) is 12.6. The second-order valence-corrected chi connectivity index (χ2v) is 9.49. The normalized spacial score (nSPS) is 12.1. The molecule has 0 aliphatic carbocycles. The average Bonchev–Trinajstić information content (AvgIpc) is 3.34. The Morgan fingerprint density at radius 3 is 2.62 bits per heavy atom. The van der Waals surface area contributed by atoms with Gasteiger partial charge in [0.2, 0.25) is 0 Å². The van der Waals surface area contributed by atoms with E-state index in [1.54, 1.807) is 35.8 Å². The van der Waals surface area contributed by atoms with Gasteiger partial charge in [-0.3, -0.25) is 14.4 Å². The van der Waals surface area contributed by atoms with Crippen molar-refractivity contribution in [2.24, 2.45) is 0 Å². The van der Waals surface area contributed by atoms with Crippen LogP contribution in [0.4, 0.5) is 0 Å². The van der Waals surface area contributed by atoms with Crippen molar-refractivity contribution in [3.8, 4) is 11.5 Å². The molecule has 39 heavy (non-hydrogen) atoms. The fourth-order valence-corrected chi connectivity index (χ4v) is 5.15. The van der Waals surface area contributed by atoms with Gasteiger partial charge in [0, 0.05) is 46.9 Å². The topological polar surface area (TPSA) is 126 Å². The van der Waals surface area contributed by atoms with Gasteiger partial charge in [-0.2, -0.15) is 0 Å². The lowest BCUT2D eigenvalue weighted by molar-refractivity contribution is -0.140. The molecule has 0 radical (unpaired) electrons. The highest BCUT2D eigenvalue weighted by Gasteiger charge is 2.29. The van der Waals surface area contributed by atoms with Crippen molar-refractivity contribution in [3.05, 3.63) is 104 Å². The van der Waals surface area contributed by atoms with E-state index in [9.17, 15) is 19.5 Å². The minimum Gasteiger partial charge on any atom is -0.507 e. The summed E-state index contributed by atoms with van der Waals surface area (Å²) >= 11 is 0. The van der Waals surface area contributed by atoms with Crippen LogP contribution in [0, 0.1) is 6.92 Å². The van der Waals surface area contributed by atoms with Crippen LogP contribution in [0.15, 0.2) is 70.4 Å². The third-order valence-corrected chi connectivity index (χ3v) is 7.21. The van der Waals surface area contributed by atoms with Crippen LogP contribution in [-0.2, 0) is 22.5 Å². The van der Waals surface area contributed by atoms with E-state index in [0.29, 0.717) is 35.3 Å². The lowest BCUT2D eigenvalue weighted by Crippen LogP contribution is -2.31. The smallest absolute Gasteiger partial charge is 0.306 e. The number of benzene rings is 2. The van der Waals surface area contributed by atoms with Crippen LogP contribution in [0.25, 0.3) is 21.8 Å². The molecule has 5 aromatic rings. The zero-order chi connectivity index (χ0) is 27.7. The summed E-state index contributed by atoms with van der Waals surface area (Å²) in [6, 6.07) is 16.3. The Balaban J connectivity index is 1.60. The number of pyridine rings is 2. The number of aromatic amines is 2. The van der Waals surface area contributed by atoms with Crippen molar-refractivity contribution in [2.75, 3.05) is 14.2 Å². The number of nitrogens with zero attached hydrogens (tertiary/aromatic N) is 1. The van der Waals surface area contributed by atoms with Gasteiger partial charge >= 0.3 is 5.97 Å². The highest BCUT2D eigenvalue weighted by atomic mass is 16.5. The fraction of sp³-hybridized carbons (Fsp3) is 0.233. The van der Waals surface area contributed by atoms with Crippen molar-refractivity contribution >= 4 is 27.8 Å². The molecule has 200 valence electrons. The highest BCUT2D eigenvalue weighted by Crippen LogP contribution is 2.32. The summed E-state index contributed by atoms with van der Waals surface area (Å²) in [6.07, 6.45) is 2.20. The first kappa shape index (κ1) is 25.8. The van der Waals surface area contributed by atoms with Gasteiger partial charge in [0.1, 0.15) is 11.5 Å². The molecule has 5 rings (SSSR count). The molecule has 1 unspecified atom stereocenters. The second kappa shape index (κ2) is 10.5. The summed E-state index contributed by atoms with van der Waals surface area (Å²) < 4.78 is 11.7. The van der Waals surface area contributed by atoms with Crippen molar-refractivity contribution in [2.45, 2.75) is 32.2 Å². The van der Waals surface area contributed by atoms with E-state index in [0.717, 1.165) is 16.5 Å². The molecular formula is C30H29N3O6. The van der Waals surface area contributed by atoms with E-state index in [1.807, 2.05) is 30.5 Å². The monoisotopic (exact) mass is 527 g/mol. The summed E-state index contributed by atoms with van der Waals surface area (Å²) in [6.45, 7) is 2.09. The second-order valence-electron chi connectivity index (χ2n) is 9.49. The van der Waals surface area contributed by atoms with Gasteiger partial charge < -0.3 is 29.1 Å². The predicted molar refractivity (Wildman–Crippen MR) is 149 cm³/mol. The van der Waals surface area contributed by atoms with Crippen molar-refractivity contribution in [3.63, 3.8) is 0 Å². The molecule has 9 heteroatoms. The van der Waals surface area contributed by atoms with Gasteiger partial charge in [-0.05, 0) is 54.6 Å². The Kier molecular flexibility index (Phi) is 6.98. The Bertz CT molecular complexity index is 1810. The molecule has 3 N–H and O–H groups in total. The van der Waals surface area contributed by atoms with E-state index in [2.05, 4.69) is 9.97 Å². The van der Waals surface area contributed by atoms with E-state index >= 15 is 0 Å². The number of aromatic nitrogens is 3. The van der Waals surface area contributed by atoms with Gasteiger partial charge in [0.05, 0.1) is 31.7 Å². The van der Waals surface area contributed by atoms with Gasteiger partial charge in [-0.15, -0.1) is 0 Å². The summed E-state index contributed by atoms with van der Waals surface area (Å²) in [5.74, 6) is -1.34. The summed E-state index contributed by atoms with van der Waals surface area (Å²) in [5, 5.41) is 12.7. The third-order valence-electron chi connectivity index (χ3n) is 7.21. The lowest BCUT2D eigenvalue weighted by Gasteiger charge is -2.20. The number of methoxy groups -OCH3 is 2. The number of ether oxygens (including phenoxy) is 2. The number of hydrogen-bond acceptors (Lipinski definition) is 6. The standard InChI is InChI=1S/C30H29N3O6/c1-17-12-26(34)28(30(37)33(17)11-10-19-16-31-24-7-5-4-6-21(19)24)22(15-27(35)39-3)23-13-18-8-9-20(38-2)14-25(18)32-29(23)36/h4-9,12-14,16,22,31,34H,10-11,15H2,1-3H3,(H,32,36). The van der Waals surface area contributed by atoms with Gasteiger partial charge in [-0.25, -0.2) is 0 Å². The Morgan fingerprint density at radius 2 is 1.85 bits per heavy atom. The van der Waals surface area contributed by atoms with Crippen LogP contribution < -0.4 is 15.9 Å². The van der Waals surface area contributed by atoms with E-state index in [-0.39, 0.29) is 23.3 Å². The Morgan fingerprint density at radius 1 is 1.05 bits per heavy atom. The van der Waals surface area contributed by atoms with Crippen molar-refractivity contribution in [1.82, 2.24) is 14.5 Å². The van der Waals surface area contributed by atoms with Crippen molar-refractivity contribution < 1.29 is 19.4 Å². The van der Waals surface area contributed by atoms with Gasteiger partial charge in [0.25, 0.3) is 11.1 Å². The zero-order valence-electron chi connectivity index (χ0n) is 21.9. The molecule has 2 aromatic carbocycles. The zero-order valence-corrected chi connectivity index (χ0v) is 21.9. The number of hydrogen-bond donors (Lipinski definition) is 3. The molecular weight excluding hydrogens is 498 g/mol. The molecule has 0 bridgehead atoms. The minimum absolute atomic E-state index is 0.0247. The molecule has 0 saturated heterocycles. The summed E-state index contributed by atoms with van der Waals surface area (Å²) in [5.41, 5.74) is 2.39. The molecule has 1 atom stereocenters. The van der Waals surface area contributed by atoms with Crippen LogP contribution in [0.3, 0.4) is 0 Å². The van der Waals surface area contributed by atoms with Crippen LogP contribution in [-0.4, -0.2) is 39.8 Å². The van der Waals surface area contributed by atoms with Gasteiger partial charge in [-0.1, -0.05) is 18.2 Å². The van der Waals surface area contributed by atoms with E-state index in [1.165, 1.54) is 20.3 Å². The van der Waals surface area contributed by atoms with Crippen LogP contribution in [0.5, 0.6) is 11.5 Å². The number of nitrogens with one attached hydrogen (secondary N) is 2. The predicted octanol–water partition coefficient (Wildman–Crippen LogP) is 4.13. The molecule has 9 nitrogen and oxygen atoms in total. The molecule has 0 amide bonds. The Labute approximate surface area is 223 Å². The third kappa shape index (κ3) is 4.90. The quantitative estimate of drug-likeness (QED) is 0.261. The number of para-hydroxylation sites is 1. The fourth-order valence-electron chi connectivity index (χ4n) is 5.15. The maximum absolute atomic E-state index is 13.9. The number of esters is 1. The first-order valence-corrected chi connectivity index (χ1v) is 12.6. The average molecular weight is 528 g/mol. The lowest BCUT2D eigenvalue weighted by atomic mass is 9.88. The summed E-state index contributed by atoms with van der Waals surface area (Å²) in [4.78, 5) is 45.7. The highest BCUT2D eigenvalue weighted by molar-refractivity contribution is 5.83. The summed E-state index contributed by atoms with van der Waals surface area (Å²) in [7, 11) is 2.77. The number of fused-ring (bicyclic) bond motifs is 2. The molecule has 0 spiro atoms. The number of aromatic hydroxyl groups is 1. The molecule has 0 fully saturated rings. The Hall–Kier alpha value is -4.79. The van der Waals surface area contributed by atoms with E-state index in [4.69, 9.17) is 9.47 Å². The molecule has 0 saturated carbocycles.